The smallest absolute Gasteiger partial charge is 0.387 e. The van der Waals surface area contributed by atoms with Crippen LogP contribution in [0.3, 0.4) is 0 Å². The summed E-state index contributed by atoms with van der Waals surface area (Å²) in [6.45, 7) is 0.563. The molecule has 6 nitrogen and oxygen atoms in total. The second-order valence-electron chi connectivity index (χ2n) is 6.66. The predicted octanol–water partition coefficient (Wildman–Crippen LogP) is 5.58. The molecule has 0 aliphatic heterocycles. The molecule has 0 aliphatic rings. The van der Waals surface area contributed by atoms with Crippen molar-refractivity contribution in [3.8, 4) is 5.75 Å². The number of alkyl halides is 2. The van der Waals surface area contributed by atoms with Gasteiger partial charge < -0.3 is 10.1 Å². The number of sulfonamides is 1. The molecule has 0 spiro atoms. The van der Waals surface area contributed by atoms with E-state index in [1.165, 1.54) is 54.6 Å². The number of halogens is 3. The first-order chi connectivity index (χ1) is 15.7. The van der Waals surface area contributed by atoms with Crippen LogP contribution >= 0.6 is 11.6 Å². The van der Waals surface area contributed by atoms with E-state index in [-0.39, 0.29) is 39.2 Å². The molecule has 3 rings (SSSR count). The lowest BCUT2D eigenvalue weighted by Gasteiger charge is -2.24. The number of carbonyl (C=O) groups is 1. The minimum absolute atomic E-state index is 0.0422. The van der Waals surface area contributed by atoms with Gasteiger partial charge in [-0.15, -0.1) is 6.58 Å². The van der Waals surface area contributed by atoms with Gasteiger partial charge in [0.15, 0.2) is 0 Å². The van der Waals surface area contributed by atoms with Gasteiger partial charge in [0, 0.05) is 17.3 Å². The lowest BCUT2D eigenvalue weighted by atomic mass is 10.2. The normalized spacial score (nSPS) is 11.2. The minimum Gasteiger partial charge on any atom is -0.435 e. The van der Waals surface area contributed by atoms with Crippen LogP contribution in [0.25, 0.3) is 0 Å². The average Bonchev–Trinajstić information content (AvgIpc) is 2.78. The number of carbonyl (C=O) groups excluding carboxylic acids is 1. The van der Waals surface area contributed by atoms with Gasteiger partial charge in [0.05, 0.1) is 22.2 Å². The van der Waals surface area contributed by atoms with Crippen LogP contribution in [0, 0.1) is 0 Å². The van der Waals surface area contributed by atoms with Crippen molar-refractivity contribution in [2.75, 3.05) is 16.2 Å². The molecule has 3 aromatic rings. The number of hydrogen-bond acceptors (Lipinski definition) is 4. The van der Waals surface area contributed by atoms with Gasteiger partial charge in [-0.2, -0.15) is 8.78 Å². The summed E-state index contributed by atoms with van der Waals surface area (Å²) in [6, 6.07) is 17.4. The number of ether oxygens (including phenoxy) is 1. The third-order valence-electron chi connectivity index (χ3n) is 4.42. The summed E-state index contributed by atoms with van der Waals surface area (Å²) in [5, 5.41) is 2.77. The van der Waals surface area contributed by atoms with Crippen LogP contribution in [0.1, 0.15) is 10.4 Å². The number of amides is 1. The van der Waals surface area contributed by atoms with Crippen LogP contribution in [-0.4, -0.2) is 27.5 Å². The Morgan fingerprint density at radius 2 is 1.82 bits per heavy atom. The Bertz CT molecular complexity index is 1270. The Morgan fingerprint density at radius 3 is 2.52 bits per heavy atom. The molecule has 1 amide bonds. The maximum absolute atomic E-state index is 13.4. The number of para-hydroxylation sites is 1. The molecule has 172 valence electrons. The molecule has 0 bridgehead atoms. The Hall–Kier alpha value is -3.43. The maximum atomic E-state index is 13.4. The SMILES string of the molecule is C=CCN(c1ccccc1Cl)S(=O)(=O)c1cccc(C(=O)Nc2cccc(OC(F)F)c2)c1. The summed E-state index contributed by atoms with van der Waals surface area (Å²) >= 11 is 6.20. The Labute approximate surface area is 195 Å². The molecular formula is C23H19ClF2N2O4S. The highest BCUT2D eigenvalue weighted by atomic mass is 35.5. The van der Waals surface area contributed by atoms with Crippen LogP contribution in [0.5, 0.6) is 5.75 Å². The zero-order chi connectivity index (χ0) is 24.0. The molecule has 0 radical (unpaired) electrons. The van der Waals surface area contributed by atoms with Gasteiger partial charge in [-0.25, -0.2) is 8.42 Å². The van der Waals surface area contributed by atoms with E-state index in [9.17, 15) is 22.0 Å². The first-order valence-corrected chi connectivity index (χ1v) is 11.4. The highest BCUT2D eigenvalue weighted by Gasteiger charge is 2.26. The average molecular weight is 493 g/mol. The van der Waals surface area contributed by atoms with E-state index in [1.807, 2.05) is 0 Å². The number of nitrogens with one attached hydrogen (secondary N) is 1. The van der Waals surface area contributed by atoms with Gasteiger partial charge in [-0.1, -0.05) is 41.9 Å². The zero-order valence-corrected chi connectivity index (χ0v) is 18.7. The summed E-state index contributed by atoms with van der Waals surface area (Å²) in [5.41, 5.74) is 0.523. The van der Waals surface area contributed by atoms with Crippen molar-refractivity contribution in [2.24, 2.45) is 0 Å². The largest absolute Gasteiger partial charge is 0.435 e. The molecule has 0 saturated carbocycles. The number of benzene rings is 3. The first kappa shape index (κ1) is 24.2. The first-order valence-electron chi connectivity index (χ1n) is 9.57. The quantitative estimate of drug-likeness (QED) is 0.396. The number of nitrogens with zero attached hydrogens (tertiary/aromatic N) is 1. The van der Waals surface area contributed by atoms with Crippen molar-refractivity contribution < 1.29 is 26.7 Å². The second kappa shape index (κ2) is 10.5. The fourth-order valence-corrected chi connectivity index (χ4v) is 4.76. The van der Waals surface area contributed by atoms with Crippen molar-refractivity contribution in [1.29, 1.82) is 0 Å². The van der Waals surface area contributed by atoms with Crippen LogP contribution in [0.4, 0.5) is 20.2 Å². The van der Waals surface area contributed by atoms with E-state index in [1.54, 1.807) is 24.3 Å². The Kier molecular flexibility index (Phi) is 7.67. The zero-order valence-electron chi connectivity index (χ0n) is 17.1. The number of rotatable bonds is 9. The van der Waals surface area contributed by atoms with E-state index < -0.39 is 22.5 Å². The van der Waals surface area contributed by atoms with E-state index in [2.05, 4.69) is 16.6 Å². The monoisotopic (exact) mass is 492 g/mol. The lowest BCUT2D eigenvalue weighted by molar-refractivity contribution is -0.0498. The van der Waals surface area contributed by atoms with Gasteiger partial charge in [0.1, 0.15) is 5.75 Å². The summed E-state index contributed by atoms with van der Waals surface area (Å²) in [4.78, 5) is 12.6. The molecule has 0 saturated heterocycles. The standard InChI is InChI=1S/C23H19ClF2N2O4S/c1-2-13-28(21-12-4-3-11-20(21)24)33(30,31)19-10-5-7-16(14-19)22(29)27-17-8-6-9-18(15-17)32-23(25)26/h2-12,14-15,23H,1,13H2,(H,27,29). The lowest BCUT2D eigenvalue weighted by Crippen LogP contribution is -2.31. The van der Waals surface area contributed by atoms with Crippen molar-refractivity contribution in [3.63, 3.8) is 0 Å². The summed E-state index contributed by atoms with van der Waals surface area (Å²) in [6.07, 6.45) is 1.42. The minimum atomic E-state index is -4.09. The van der Waals surface area contributed by atoms with Gasteiger partial charge in [-0.05, 0) is 42.5 Å². The fourth-order valence-electron chi connectivity index (χ4n) is 2.98. The fraction of sp³-hybridized carbons (Fsp3) is 0.0870. The van der Waals surface area contributed by atoms with Crippen molar-refractivity contribution >= 4 is 38.9 Å². The van der Waals surface area contributed by atoms with Crippen LogP contribution in [0.15, 0.2) is 90.3 Å². The predicted molar refractivity (Wildman–Crippen MR) is 124 cm³/mol. The summed E-state index contributed by atoms with van der Waals surface area (Å²) in [5.74, 6) is -0.756. The molecule has 0 fully saturated rings. The van der Waals surface area contributed by atoms with Gasteiger partial charge in [0.25, 0.3) is 15.9 Å². The van der Waals surface area contributed by atoms with E-state index in [4.69, 9.17) is 11.6 Å². The van der Waals surface area contributed by atoms with Gasteiger partial charge in [0.2, 0.25) is 0 Å². The topological polar surface area (TPSA) is 75.7 Å². The van der Waals surface area contributed by atoms with E-state index >= 15 is 0 Å². The molecule has 3 aromatic carbocycles. The third kappa shape index (κ3) is 5.88. The molecule has 0 heterocycles. The van der Waals surface area contributed by atoms with Crippen LogP contribution in [0.2, 0.25) is 5.02 Å². The molecule has 0 unspecified atom stereocenters. The Morgan fingerprint density at radius 1 is 1.09 bits per heavy atom. The second-order valence-corrected chi connectivity index (χ2v) is 8.93. The van der Waals surface area contributed by atoms with Crippen LogP contribution < -0.4 is 14.4 Å². The molecule has 10 heteroatoms. The van der Waals surface area contributed by atoms with E-state index in [0.717, 1.165) is 4.31 Å². The van der Waals surface area contributed by atoms with E-state index in [0.29, 0.717) is 0 Å². The molecule has 33 heavy (non-hydrogen) atoms. The van der Waals surface area contributed by atoms with Crippen LogP contribution in [-0.2, 0) is 10.0 Å². The third-order valence-corrected chi connectivity index (χ3v) is 6.51. The molecule has 0 aliphatic carbocycles. The molecular weight excluding hydrogens is 474 g/mol. The number of hydrogen-bond donors (Lipinski definition) is 1. The molecule has 0 atom stereocenters. The summed E-state index contributed by atoms with van der Waals surface area (Å²) in [7, 11) is -4.09. The number of anilines is 2. The highest BCUT2D eigenvalue weighted by molar-refractivity contribution is 7.92. The molecule has 0 aromatic heterocycles. The summed E-state index contributed by atoms with van der Waals surface area (Å²) < 4.78 is 57.0. The maximum Gasteiger partial charge on any atom is 0.387 e. The van der Waals surface area contributed by atoms with Crippen molar-refractivity contribution in [1.82, 2.24) is 0 Å². The van der Waals surface area contributed by atoms with Crippen molar-refractivity contribution in [2.45, 2.75) is 11.5 Å². The Balaban J connectivity index is 1.90. The van der Waals surface area contributed by atoms with Gasteiger partial charge >= 0.3 is 6.61 Å². The highest BCUT2D eigenvalue weighted by Crippen LogP contribution is 2.30. The molecule has 1 N–H and O–H groups in total. The van der Waals surface area contributed by atoms with Gasteiger partial charge in [-0.3, -0.25) is 9.10 Å². The van der Waals surface area contributed by atoms with Crippen molar-refractivity contribution in [3.05, 3.63) is 96.0 Å².